The number of pyridine rings is 2. The Bertz CT molecular complexity index is 504. The minimum atomic E-state index is -0.582. The molecule has 2 rings (SSSR count). The van der Waals surface area contributed by atoms with Crippen molar-refractivity contribution in [1.29, 1.82) is 0 Å². The van der Waals surface area contributed by atoms with Crippen molar-refractivity contribution in [3.63, 3.8) is 0 Å². The fourth-order valence-electron chi connectivity index (χ4n) is 1.54. The maximum absolute atomic E-state index is 11.5. The van der Waals surface area contributed by atoms with Crippen LogP contribution in [-0.2, 0) is 27.2 Å². The average Bonchev–Trinajstić information content (AvgIpc) is 2.40. The summed E-state index contributed by atoms with van der Waals surface area (Å²) in [5.74, 6) is -1.16. The first kappa shape index (κ1) is 12.9. The van der Waals surface area contributed by atoms with Crippen LogP contribution in [-0.4, -0.2) is 21.9 Å². The van der Waals surface area contributed by atoms with Gasteiger partial charge in [-0.25, -0.2) is 0 Å². The highest BCUT2D eigenvalue weighted by Gasteiger charge is 2.12. The van der Waals surface area contributed by atoms with Gasteiger partial charge in [0.05, 0.1) is 12.8 Å². The Morgan fingerprint density at radius 2 is 1.37 bits per heavy atom. The van der Waals surface area contributed by atoms with Crippen LogP contribution in [0.4, 0.5) is 0 Å². The molecule has 0 fully saturated rings. The highest BCUT2D eigenvalue weighted by Crippen LogP contribution is 2.02. The molecule has 0 aliphatic heterocycles. The Labute approximate surface area is 110 Å². The van der Waals surface area contributed by atoms with E-state index >= 15 is 0 Å². The lowest BCUT2D eigenvalue weighted by Gasteiger charge is -2.03. The molecule has 0 saturated carbocycles. The van der Waals surface area contributed by atoms with E-state index in [-0.39, 0.29) is 12.8 Å². The monoisotopic (exact) mass is 256 g/mol. The van der Waals surface area contributed by atoms with Crippen LogP contribution in [0.1, 0.15) is 11.1 Å². The van der Waals surface area contributed by atoms with E-state index in [0.717, 1.165) is 0 Å². The van der Waals surface area contributed by atoms with Crippen LogP contribution in [0.25, 0.3) is 0 Å². The van der Waals surface area contributed by atoms with E-state index < -0.39 is 11.9 Å². The molecule has 0 radical (unpaired) electrons. The van der Waals surface area contributed by atoms with Gasteiger partial charge in [-0.15, -0.1) is 0 Å². The number of nitrogens with zero attached hydrogens (tertiary/aromatic N) is 2. The SMILES string of the molecule is O=C(Cc1cccnc1)OC(=O)Cc1cccnc1. The van der Waals surface area contributed by atoms with Crippen LogP contribution < -0.4 is 0 Å². The van der Waals surface area contributed by atoms with E-state index in [1.807, 2.05) is 0 Å². The molecule has 0 atom stereocenters. The first-order valence-corrected chi connectivity index (χ1v) is 5.75. The summed E-state index contributed by atoms with van der Waals surface area (Å²) in [6.07, 6.45) is 6.42. The van der Waals surface area contributed by atoms with Gasteiger partial charge in [0.15, 0.2) is 0 Å². The Kier molecular flexibility index (Phi) is 4.34. The standard InChI is InChI=1S/C14H12N2O3/c17-13(7-11-3-1-5-15-9-11)19-14(18)8-12-4-2-6-16-10-12/h1-6,9-10H,7-8H2. The average molecular weight is 256 g/mol. The minimum absolute atomic E-state index is 0.0343. The van der Waals surface area contributed by atoms with Gasteiger partial charge in [0.25, 0.3) is 0 Å². The third-order valence-electron chi connectivity index (χ3n) is 2.37. The van der Waals surface area contributed by atoms with Gasteiger partial charge >= 0.3 is 11.9 Å². The van der Waals surface area contributed by atoms with E-state index in [1.54, 1.807) is 49.1 Å². The van der Waals surface area contributed by atoms with Crippen LogP contribution in [0, 0.1) is 0 Å². The Balaban J connectivity index is 1.84. The van der Waals surface area contributed by atoms with Gasteiger partial charge in [0, 0.05) is 24.8 Å². The number of carbonyl (C=O) groups excluding carboxylic acids is 2. The molecule has 0 amide bonds. The predicted molar refractivity (Wildman–Crippen MR) is 67.0 cm³/mol. The van der Waals surface area contributed by atoms with Gasteiger partial charge in [-0.2, -0.15) is 0 Å². The van der Waals surface area contributed by atoms with Crippen molar-refractivity contribution in [3.8, 4) is 0 Å². The van der Waals surface area contributed by atoms with E-state index in [4.69, 9.17) is 4.74 Å². The first-order chi connectivity index (χ1) is 9.24. The summed E-state index contributed by atoms with van der Waals surface area (Å²) in [6.45, 7) is 0. The van der Waals surface area contributed by atoms with Crippen LogP contribution in [0.3, 0.4) is 0 Å². The highest BCUT2D eigenvalue weighted by molar-refractivity contribution is 5.87. The predicted octanol–water partition coefficient (Wildman–Crippen LogP) is 1.33. The van der Waals surface area contributed by atoms with Crippen LogP contribution >= 0.6 is 0 Å². The molecule has 0 aromatic carbocycles. The van der Waals surface area contributed by atoms with Crippen molar-refractivity contribution in [3.05, 3.63) is 60.2 Å². The number of rotatable bonds is 4. The second kappa shape index (κ2) is 6.39. The lowest BCUT2D eigenvalue weighted by molar-refractivity contribution is -0.158. The Morgan fingerprint density at radius 3 is 1.74 bits per heavy atom. The molecule has 0 spiro atoms. The quantitative estimate of drug-likeness (QED) is 0.609. The molecule has 2 aromatic heterocycles. The second-order valence-corrected chi connectivity index (χ2v) is 3.92. The van der Waals surface area contributed by atoms with Crippen LogP contribution in [0.15, 0.2) is 49.1 Å². The van der Waals surface area contributed by atoms with Crippen molar-refractivity contribution in [2.24, 2.45) is 0 Å². The third-order valence-corrected chi connectivity index (χ3v) is 2.37. The van der Waals surface area contributed by atoms with E-state index in [0.29, 0.717) is 11.1 Å². The molecular formula is C14H12N2O3. The molecule has 2 heterocycles. The van der Waals surface area contributed by atoms with Crippen molar-refractivity contribution in [2.45, 2.75) is 12.8 Å². The molecule has 0 saturated heterocycles. The zero-order valence-corrected chi connectivity index (χ0v) is 10.2. The Hall–Kier alpha value is -2.56. The summed E-state index contributed by atoms with van der Waals surface area (Å²) in [5, 5.41) is 0. The molecule has 0 unspecified atom stereocenters. The van der Waals surface area contributed by atoms with Crippen molar-refractivity contribution < 1.29 is 14.3 Å². The highest BCUT2D eigenvalue weighted by atomic mass is 16.6. The third kappa shape index (κ3) is 4.31. The van der Waals surface area contributed by atoms with Crippen molar-refractivity contribution in [2.75, 3.05) is 0 Å². The largest absolute Gasteiger partial charge is 0.393 e. The van der Waals surface area contributed by atoms with Crippen molar-refractivity contribution in [1.82, 2.24) is 9.97 Å². The molecule has 0 N–H and O–H groups in total. The zero-order valence-electron chi connectivity index (χ0n) is 10.2. The molecular weight excluding hydrogens is 244 g/mol. The van der Waals surface area contributed by atoms with Gasteiger partial charge in [-0.1, -0.05) is 12.1 Å². The van der Waals surface area contributed by atoms with Gasteiger partial charge < -0.3 is 4.74 Å². The van der Waals surface area contributed by atoms with Crippen molar-refractivity contribution >= 4 is 11.9 Å². The summed E-state index contributed by atoms with van der Waals surface area (Å²) in [5.41, 5.74) is 1.42. The lowest BCUT2D eigenvalue weighted by Crippen LogP contribution is -2.16. The van der Waals surface area contributed by atoms with E-state index in [1.165, 1.54) is 0 Å². The smallest absolute Gasteiger partial charge is 0.317 e. The number of hydrogen-bond donors (Lipinski definition) is 0. The van der Waals surface area contributed by atoms with Gasteiger partial charge in [0.2, 0.25) is 0 Å². The second-order valence-electron chi connectivity index (χ2n) is 3.92. The van der Waals surface area contributed by atoms with Crippen LogP contribution in [0.2, 0.25) is 0 Å². The summed E-state index contributed by atoms with van der Waals surface area (Å²) >= 11 is 0. The van der Waals surface area contributed by atoms with Gasteiger partial charge in [0.1, 0.15) is 0 Å². The normalized spacial score (nSPS) is 9.89. The van der Waals surface area contributed by atoms with Gasteiger partial charge in [-0.05, 0) is 23.3 Å². The molecule has 5 nitrogen and oxygen atoms in total. The number of esters is 2. The zero-order chi connectivity index (χ0) is 13.5. The fourth-order valence-corrected chi connectivity index (χ4v) is 1.54. The number of aromatic nitrogens is 2. The molecule has 2 aromatic rings. The van der Waals surface area contributed by atoms with Gasteiger partial charge in [-0.3, -0.25) is 19.6 Å². The maximum atomic E-state index is 11.5. The number of ether oxygens (including phenoxy) is 1. The summed E-state index contributed by atoms with van der Waals surface area (Å²) in [7, 11) is 0. The first-order valence-electron chi connectivity index (χ1n) is 5.75. The Morgan fingerprint density at radius 1 is 0.895 bits per heavy atom. The molecule has 96 valence electrons. The van der Waals surface area contributed by atoms with E-state index in [9.17, 15) is 9.59 Å². The molecule has 19 heavy (non-hydrogen) atoms. The van der Waals surface area contributed by atoms with Crippen LogP contribution in [0.5, 0.6) is 0 Å². The minimum Gasteiger partial charge on any atom is -0.393 e. The fraction of sp³-hybridized carbons (Fsp3) is 0.143. The molecule has 0 bridgehead atoms. The molecule has 0 aliphatic rings. The molecule has 5 heteroatoms. The lowest BCUT2D eigenvalue weighted by atomic mass is 10.2. The number of carbonyl (C=O) groups is 2. The summed E-state index contributed by atoms with van der Waals surface area (Å²) in [6, 6.07) is 6.94. The molecule has 0 aliphatic carbocycles. The summed E-state index contributed by atoms with van der Waals surface area (Å²) in [4.78, 5) is 30.8. The topological polar surface area (TPSA) is 69.2 Å². The number of hydrogen-bond acceptors (Lipinski definition) is 5. The van der Waals surface area contributed by atoms with E-state index in [2.05, 4.69) is 9.97 Å². The maximum Gasteiger partial charge on any atom is 0.317 e. The summed E-state index contributed by atoms with van der Waals surface area (Å²) < 4.78 is 4.72.